The molecule has 21 heavy (non-hydrogen) atoms. The number of carbonyl (C=O) groups excluding carboxylic acids is 1. The zero-order valence-electron chi connectivity index (χ0n) is 12.0. The van der Waals surface area contributed by atoms with Crippen molar-refractivity contribution >= 4 is 38.6 Å². The lowest BCUT2D eigenvalue weighted by Crippen LogP contribution is -2.43. The molecule has 0 unspecified atom stereocenters. The molecule has 1 aromatic rings. The Morgan fingerprint density at radius 2 is 2.29 bits per heavy atom. The van der Waals surface area contributed by atoms with E-state index in [-0.39, 0.29) is 17.3 Å². The van der Waals surface area contributed by atoms with E-state index >= 15 is 0 Å². The van der Waals surface area contributed by atoms with Gasteiger partial charge in [0.05, 0.1) is 0 Å². The number of nitrogens with one attached hydrogen (secondary N) is 2. The highest BCUT2D eigenvalue weighted by molar-refractivity contribution is 9.10. The second-order valence-corrected chi connectivity index (χ2v) is 7.92. The number of amides is 2. The summed E-state index contributed by atoms with van der Waals surface area (Å²) in [5, 5.41) is 5.88. The summed E-state index contributed by atoms with van der Waals surface area (Å²) in [6.45, 7) is 1.94. The van der Waals surface area contributed by atoms with Crippen molar-refractivity contribution in [2.24, 2.45) is 0 Å². The summed E-state index contributed by atoms with van der Waals surface area (Å²) in [7, 11) is -0.780. The van der Waals surface area contributed by atoms with Crippen LogP contribution in [-0.2, 0) is 10.8 Å². The molecule has 1 heterocycles. The smallest absolute Gasteiger partial charge is 0.320 e. The molecule has 0 radical (unpaired) electrons. The molecular weight excluding hydrogens is 354 g/mol. The number of anilines is 1. The van der Waals surface area contributed by atoms with Crippen LogP contribution in [0.25, 0.3) is 0 Å². The molecule has 7 heteroatoms. The van der Waals surface area contributed by atoms with E-state index < -0.39 is 10.8 Å². The molecule has 0 bridgehead atoms. The van der Waals surface area contributed by atoms with E-state index in [1.165, 1.54) is 0 Å². The molecule has 0 spiro atoms. The number of urea groups is 1. The lowest BCUT2D eigenvalue weighted by molar-refractivity contribution is 0.244. The van der Waals surface area contributed by atoms with Crippen LogP contribution >= 0.6 is 15.9 Å². The number of carbonyl (C=O) groups is 1. The molecule has 2 N–H and O–H groups in total. The second-order valence-electron chi connectivity index (χ2n) is 5.10. The van der Waals surface area contributed by atoms with Crippen molar-refractivity contribution in [1.82, 2.24) is 10.3 Å². The van der Waals surface area contributed by atoms with Gasteiger partial charge in [-0.3, -0.25) is 9.53 Å². The van der Waals surface area contributed by atoms with Gasteiger partial charge in [-0.15, -0.1) is 0 Å². The number of rotatable bonds is 4. The van der Waals surface area contributed by atoms with Crippen LogP contribution in [0, 0.1) is 0 Å². The lowest BCUT2D eigenvalue weighted by atomic mass is 9.95. The minimum Gasteiger partial charge on any atom is -0.335 e. The summed E-state index contributed by atoms with van der Waals surface area (Å²) < 4.78 is 12.6. The van der Waals surface area contributed by atoms with E-state index in [0.717, 1.165) is 25.7 Å². The van der Waals surface area contributed by atoms with Gasteiger partial charge in [0.25, 0.3) is 0 Å². The standard InChI is InChI=1S/C14H20BrN3O2S/c1-2-21(20)11-6-3-5-10(9-11)16-14(19)18-13-8-4-7-12(15)17-13/h4,7-8,10-11H,2-3,5-6,9H2,1H3,(H2,16,17,18,19)/t10-,11-,21+/m0/s1. The number of halogens is 1. The molecule has 0 aliphatic heterocycles. The van der Waals surface area contributed by atoms with Crippen LogP contribution in [0.4, 0.5) is 10.6 Å². The van der Waals surface area contributed by atoms with Gasteiger partial charge in [0.1, 0.15) is 10.4 Å². The monoisotopic (exact) mass is 373 g/mol. The minimum atomic E-state index is -0.780. The van der Waals surface area contributed by atoms with Gasteiger partial charge in [0.15, 0.2) is 0 Å². The molecule has 1 aliphatic rings. The summed E-state index contributed by atoms with van der Waals surface area (Å²) in [4.78, 5) is 16.1. The molecule has 5 nitrogen and oxygen atoms in total. The third-order valence-electron chi connectivity index (χ3n) is 3.57. The number of aromatic nitrogens is 1. The van der Waals surface area contributed by atoms with Crippen LogP contribution in [0.2, 0.25) is 0 Å². The first-order valence-corrected chi connectivity index (χ1v) is 9.33. The van der Waals surface area contributed by atoms with Crippen molar-refractivity contribution in [3.8, 4) is 0 Å². The number of hydrogen-bond acceptors (Lipinski definition) is 3. The number of nitrogens with zero attached hydrogens (tertiary/aromatic N) is 1. The van der Waals surface area contributed by atoms with Gasteiger partial charge >= 0.3 is 6.03 Å². The fraction of sp³-hybridized carbons (Fsp3) is 0.571. The highest BCUT2D eigenvalue weighted by Gasteiger charge is 2.26. The first-order chi connectivity index (χ1) is 10.1. The molecule has 1 aliphatic carbocycles. The van der Waals surface area contributed by atoms with Gasteiger partial charge in [0, 0.05) is 27.8 Å². The van der Waals surface area contributed by atoms with E-state index in [1.807, 2.05) is 13.0 Å². The molecule has 1 aromatic heterocycles. The maximum absolute atomic E-state index is 12.0. The molecule has 2 rings (SSSR count). The Bertz CT molecular complexity index is 527. The van der Waals surface area contributed by atoms with E-state index in [0.29, 0.717) is 16.2 Å². The summed E-state index contributed by atoms with van der Waals surface area (Å²) in [5.74, 6) is 1.19. The highest BCUT2D eigenvalue weighted by atomic mass is 79.9. The van der Waals surface area contributed by atoms with Crippen LogP contribution < -0.4 is 10.6 Å². The van der Waals surface area contributed by atoms with Crippen LogP contribution in [0.15, 0.2) is 22.8 Å². The molecular formula is C14H20BrN3O2S. The number of pyridine rings is 1. The maximum Gasteiger partial charge on any atom is 0.320 e. The third kappa shape index (κ3) is 5.07. The Kier molecular flexibility index (Phi) is 6.17. The predicted molar refractivity (Wildman–Crippen MR) is 88.8 cm³/mol. The van der Waals surface area contributed by atoms with Crippen LogP contribution in [0.3, 0.4) is 0 Å². The van der Waals surface area contributed by atoms with Gasteiger partial charge in [-0.1, -0.05) is 19.4 Å². The van der Waals surface area contributed by atoms with E-state index in [1.54, 1.807) is 12.1 Å². The zero-order chi connectivity index (χ0) is 15.2. The summed E-state index contributed by atoms with van der Waals surface area (Å²) >= 11 is 3.27. The van der Waals surface area contributed by atoms with Crippen molar-refractivity contribution in [3.05, 3.63) is 22.8 Å². The summed E-state index contributed by atoms with van der Waals surface area (Å²) in [6, 6.07) is 5.18. The van der Waals surface area contributed by atoms with Crippen LogP contribution in [0.5, 0.6) is 0 Å². The van der Waals surface area contributed by atoms with Gasteiger partial charge < -0.3 is 5.32 Å². The van der Waals surface area contributed by atoms with Crippen LogP contribution in [0.1, 0.15) is 32.6 Å². The molecule has 0 aromatic carbocycles. The molecule has 2 amide bonds. The Balaban J connectivity index is 1.86. The fourth-order valence-corrected chi connectivity index (χ4v) is 4.26. The van der Waals surface area contributed by atoms with E-state index in [4.69, 9.17) is 0 Å². The van der Waals surface area contributed by atoms with Gasteiger partial charge in [0.2, 0.25) is 0 Å². The lowest BCUT2D eigenvalue weighted by Gasteiger charge is -2.29. The minimum absolute atomic E-state index is 0.0893. The molecule has 116 valence electrons. The zero-order valence-corrected chi connectivity index (χ0v) is 14.4. The van der Waals surface area contributed by atoms with Crippen molar-refractivity contribution < 1.29 is 9.00 Å². The maximum atomic E-state index is 12.0. The summed E-state index contributed by atoms with van der Waals surface area (Å²) in [5.41, 5.74) is 0. The van der Waals surface area contributed by atoms with Crippen molar-refractivity contribution in [3.63, 3.8) is 0 Å². The van der Waals surface area contributed by atoms with Gasteiger partial charge in [-0.2, -0.15) is 0 Å². The highest BCUT2D eigenvalue weighted by Crippen LogP contribution is 2.23. The van der Waals surface area contributed by atoms with E-state index in [2.05, 4.69) is 31.5 Å². The molecule has 3 atom stereocenters. The molecule has 0 saturated heterocycles. The summed E-state index contributed by atoms with van der Waals surface area (Å²) in [6.07, 6.45) is 3.74. The average molecular weight is 374 g/mol. The Hall–Kier alpha value is -0.950. The second kappa shape index (κ2) is 7.89. The van der Waals surface area contributed by atoms with E-state index in [9.17, 15) is 9.00 Å². The predicted octanol–water partition coefficient (Wildman–Crippen LogP) is 3.05. The molecule has 1 saturated carbocycles. The average Bonchev–Trinajstić information content (AvgIpc) is 2.46. The van der Waals surface area contributed by atoms with Crippen molar-refractivity contribution in [2.75, 3.05) is 11.1 Å². The van der Waals surface area contributed by atoms with Crippen molar-refractivity contribution in [1.29, 1.82) is 0 Å². The fourth-order valence-electron chi connectivity index (χ4n) is 2.57. The van der Waals surface area contributed by atoms with Gasteiger partial charge in [-0.25, -0.2) is 9.78 Å². The number of hydrogen-bond donors (Lipinski definition) is 2. The Morgan fingerprint density at radius 1 is 1.48 bits per heavy atom. The largest absolute Gasteiger partial charge is 0.335 e. The normalized spacial score (nSPS) is 23.3. The molecule has 1 fully saturated rings. The Labute approximate surface area is 135 Å². The first kappa shape index (κ1) is 16.4. The first-order valence-electron chi connectivity index (χ1n) is 7.15. The van der Waals surface area contributed by atoms with Crippen LogP contribution in [-0.4, -0.2) is 32.3 Å². The Morgan fingerprint density at radius 3 is 3.00 bits per heavy atom. The van der Waals surface area contributed by atoms with Crippen molar-refractivity contribution in [2.45, 2.75) is 43.9 Å². The quantitative estimate of drug-likeness (QED) is 0.796. The topological polar surface area (TPSA) is 71.1 Å². The SMILES string of the molecule is CC[S@@](=O)[C@H]1CCC[C@H](NC(=O)Nc2cccc(Br)n2)C1. The van der Waals surface area contributed by atoms with Gasteiger partial charge in [-0.05, 0) is 47.3 Å². The third-order valence-corrected chi connectivity index (χ3v) is 5.76.